The first-order valence-corrected chi connectivity index (χ1v) is 8.31. The van der Waals surface area contributed by atoms with E-state index in [2.05, 4.69) is 36.2 Å². The van der Waals surface area contributed by atoms with Crippen LogP contribution in [0.5, 0.6) is 0 Å². The second kappa shape index (κ2) is 6.80. The molecule has 1 amide bonds. The van der Waals surface area contributed by atoms with Crippen molar-refractivity contribution < 1.29 is 9.53 Å². The number of nitrogens with zero attached hydrogens (tertiary/aromatic N) is 1. The third-order valence-corrected chi connectivity index (χ3v) is 4.84. The van der Waals surface area contributed by atoms with Gasteiger partial charge in [-0.2, -0.15) is 0 Å². The third kappa shape index (κ3) is 3.68. The Balaban J connectivity index is 1.46. The first-order chi connectivity index (χ1) is 10.6. The zero-order valence-electron chi connectivity index (χ0n) is 13.5. The minimum Gasteiger partial charge on any atom is -0.376 e. The summed E-state index contributed by atoms with van der Waals surface area (Å²) in [6, 6.07) is 9.05. The molecule has 3 atom stereocenters. The van der Waals surface area contributed by atoms with Gasteiger partial charge in [0.1, 0.15) is 0 Å². The number of carbonyl (C=O) groups excluding carboxylic acids is 1. The van der Waals surface area contributed by atoms with Gasteiger partial charge in [-0.05, 0) is 37.8 Å². The Labute approximate surface area is 132 Å². The van der Waals surface area contributed by atoms with E-state index in [-0.39, 0.29) is 11.9 Å². The molecule has 0 aliphatic carbocycles. The van der Waals surface area contributed by atoms with Crippen LogP contribution in [0.25, 0.3) is 0 Å². The van der Waals surface area contributed by atoms with Crippen molar-refractivity contribution in [3.63, 3.8) is 0 Å². The molecule has 2 heterocycles. The van der Waals surface area contributed by atoms with Crippen molar-refractivity contribution in [3.05, 3.63) is 35.4 Å². The highest BCUT2D eigenvalue weighted by Crippen LogP contribution is 2.23. The summed E-state index contributed by atoms with van der Waals surface area (Å²) in [5, 5.41) is 3.20. The number of nitrogens with one attached hydrogen (secondary N) is 1. The lowest BCUT2D eigenvalue weighted by atomic mass is 10.0. The molecule has 2 aliphatic heterocycles. The highest BCUT2D eigenvalue weighted by atomic mass is 16.5. The first kappa shape index (κ1) is 15.5. The molecule has 0 saturated carbocycles. The Morgan fingerprint density at radius 3 is 3.00 bits per heavy atom. The van der Waals surface area contributed by atoms with E-state index in [1.807, 2.05) is 12.1 Å². The van der Waals surface area contributed by atoms with E-state index in [0.717, 1.165) is 32.5 Å². The zero-order chi connectivity index (χ0) is 15.5. The topological polar surface area (TPSA) is 41.6 Å². The van der Waals surface area contributed by atoms with Gasteiger partial charge in [0.25, 0.3) is 0 Å². The molecule has 3 rings (SSSR count). The van der Waals surface area contributed by atoms with Gasteiger partial charge in [0, 0.05) is 31.6 Å². The van der Waals surface area contributed by atoms with Crippen LogP contribution in [-0.4, -0.2) is 48.7 Å². The predicted octanol–water partition coefficient (Wildman–Crippen LogP) is 1.91. The van der Waals surface area contributed by atoms with Gasteiger partial charge < -0.3 is 10.1 Å². The maximum absolute atomic E-state index is 12.2. The first-order valence-electron chi connectivity index (χ1n) is 8.31. The van der Waals surface area contributed by atoms with Gasteiger partial charge >= 0.3 is 0 Å². The van der Waals surface area contributed by atoms with E-state index in [9.17, 15) is 4.79 Å². The molecular weight excluding hydrogens is 276 g/mol. The van der Waals surface area contributed by atoms with Gasteiger partial charge in [-0.25, -0.2) is 0 Å². The van der Waals surface area contributed by atoms with Crippen LogP contribution in [-0.2, 0) is 16.0 Å². The number of hydrogen-bond donors (Lipinski definition) is 1. The van der Waals surface area contributed by atoms with E-state index < -0.39 is 0 Å². The van der Waals surface area contributed by atoms with E-state index in [0.29, 0.717) is 18.6 Å². The Hall–Kier alpha value is -1.39. The van der Waals surface area contributed by atoms with Crippen LogP contribution in [0.1, 0.15) is 30.9 Å². The maximum atomic E-state index is 12.2. The van der Waals surface area contributed by atoms with Gasteiger partial charge in [0.2, 0.25) is 5.91 Å². The van der Waals surface area contributed by atoms with Crippen LogP contribution >= 0.6 is 0 Å². The molecule has 0 unspecified atom stereocenters. The van der Waals surface area contributed by atoms with Gasteiger partial charge in [-0.15, -0.1) is 0 Å². The summed E-state index contributed by atoms with van der Waals surface area (Å²) in [4.78, 5) is 14.7. The normalized spacial score (nSPS) is 28.4. The van der Waals surface area contributed by atoms with Crippen molar-refractivity contribution in [2.75, 3.05) is 19.7 Å². The van der Waals surface area contributed by atoms with Crippen LogP contribution in [0.4, 0.5) is 0 Å². The molecule has 120 valence electrons. The number of hydrogen-bond acceptors (Lipinski definition) is 3. The van der Waals surface area contributed by atoms with Gasteiger partial charge in [0.15, 0.2) is 0 Å². The molecule has 22 heavy (non-hydrogen) atoms. The summed E-state index contributed by atoms with van der Waals surface area (Å²) < 4.78 is 5.71. The summed E-state index contributed by atoms with van der Waals surface area (Å²) in [5.41, 5.74) is 2.53. The van der Waals surface area contributed by atoms with Gasteiger partial charge in [-0.3, -0.25) is 9.69 Å². The largest absolute Gasteiger partial charge is 0.376 e. The van der Waals surface area contributed by atoms with Gasteiger partial charge in [-0.1, -0.05) is 24.3 Å². The van der Waals surface area contributed by atoms with Crippen LogP contribution < -0.4 is 5.32 Å². The second-order valence-electron chi connectivity index (χ2n) is 6.68. The standard InChI is InChI=1S/C18H26N2O2/c1-13-5-3-4-6-15(13)7-8-18(21)19-16-9-17-12-22-14(2)10-20(17)11-16/h3-6,14,16-17H,7-12H2,1-2H3,(H,19,21)/t14-,16+,17+/m1/s1. The summed E-state index contributed by atoms with van der Waals surface area (Å²) in [7, 11) is 0. The molecule has 0 bridgehead atoms. The molecule has 0 radical (unpaired) electrons. The van der Waals surface area contributed by atoms with Crippen molar-refractivity contribution in [3.8, 4) is 0 Å². The number of aryl methyl sites for hydroxylation is 2. The van der Waals surface area contributed by atoms with E-state index in [4.69, 9.17) is 4.74 Å². The lowest BCUT2D eigenvalue weighted by molar-refractivity contribution is -0.121. The van der Waals surface area contributed by atoms with Crippen molar-refractivity contribution in [1.29, 1.82) is 0 Å². The molecule has 1 aromatic carbocycles. The molecule has 0 spiro atoms. The third-order valence-electron chi connectivity index (χ3n) is 4.84. The van der Waals surface area contributed by atoms with Crippen molar-refractivity contribution in [2.45, 2.75) is 51.3 Å². The number of fused-ring (bicyclic) bond motifs is 1. The summed E-state index contributed by atoms with van der Waals surface area (Å²) >= 11 is 0. The Morgan fingerprint density at radius 1 is 1.36 bits per heavy atom. The van der Waals surface area contributed by atoms with Crippen LogP contribution in [0.15, 0.2) is 24.3 Å². The predicted molar refractivity (Wildman–Crippen MR) is 86.8 cm³/mol. The number of carbonyl (C=O) groups is 1. The van der Waals surface area contributed by atoms with E-state index >= 15 is 0 Å². The zero-order valence-corrected chi connectivity index (χ0v) is 13.5. The number of benzene rings is 1. The van der Waals surface area contributed by atoms with Crippen molar-refractivity contribution in [1.82, 2.24) is 10.2 Å². The highest BCUT2D eigenvalue weighted by molar-refractivity contribution is 5.76. The SMILES string of the molecule is Cc1ccccc1CCC(=O)N[C@H]1C[C@H]2CO[C@H](C)CN2C1. The van der Waals surface area contributed by atoms with Crippen molar-refractivity contribution >= 4 is 5.91 Å². The number of ether oxygens (including phenoxy) is 1. The molecule has 1 N–H and O–H groups in total. The minimum atomic E-state index is 0.169. The fraction of sp³-hybridized carbons (Fsp3) is 0.611. The quantitative estimate of drug-likeness (QED) is 0.924. The fourth-order valence-electron chi connectivity index (χ4n) is 3.58. The smallest absolute Gasteiger partial charge is 0.220 e. The molecular formula is C18H26N2O2. The molecule has 2 saturated heterocycles. The second-order valence-corrected chi connectivity index (χ2v) is 6.68. The van der Waals surface area contributed by atoms with Gasteiger partial charge in [0.05, 0.1) is 12.7 Å². The molecule has 1 aromatic rings. The maximum Gasteiger partial charge on any atom is 0.220 e. The Morgan fingerprint density at radius 2 is 2.18 bits per heavy atom. The lowest BCUT2D eigenvalue weighted by Gasteiger charge is -2.33. The average Bonchev–Trinajstić information content (AvgIpc) is 2.87. The van der Waals surface area contributed by atoms with Crippen LogP contribution in [0.2, 0.25) is 0 Å². The molecule has 4 nitrogen and oxygen atoms in total. The highest BCUT2D eigenvalue weighted by Gasteiger charge is 2.36. The van der Waals surface area contributed by atoms with Crippen molar-refractivity contribution in [2.24, 2.45) is 0 Å². The Kier molecular flexibility index (Phi) is 4.79. The fourth-order valence-corrected chi connectivity index (χ4v) is 3.58. The minimum absolute atomic E-state index is 0.169. The molecule has 0 aromatic heterocycles. The lowest BCUT2D eigenvalue weighted by Crippen LogP contribution is -2.45. The Bertz CT molecular complexity index is 532. The summed E-state index contributed by atoms with van der Waals surface area (Å²) in [5.74, 6) is 0.169. The molecule has 2 aliphatic rings. The summed E-state index contributed by atoms with van der Waals surface area (Å²) in [6.07, 6.45) is 2.71. The van der Waals surface area contributed by atoms with Crippen LogP contribution in [0.3, 0.4) is 0 Å². The van der Waals surface area contributed by atoms with Crippen LogP contribution in [0, 0.1) is 6.92 Å². The van der Waals surface area contributed by atoms with E-state index in [1.165, 1.54) is 11.1 Å². The summed E-state index contributed by atoms with van der Waals surface area (Å²) in [6.45, 7) is 6.97. The number of rotatable bonds is 4. The average molecular weight is 302 g/mol. The van der Waals surface area contributed by atoms with E-state index in [1.54, 1.807) is 0 Å². The monoisotopic (exact) mass is 302 g/mol. The number of morpholine rings is 1. The molecule has 2 fully saturated rings. The molecule has 4 heteroatoms. The number of amides is 1.